The number of rotatable bonds is 4. The maximum atomic E-state index is 12.2. The Bertz CT molecular complexity index is 471. The van der Waals surface area contributed by atoms with E-state index in [0.29, 0.717) is 0 Å². The minimum Gasteiger partial charge on any atom is -0.405 e. The van der Waals surface area contributed by atoms with E-state index in [9.17, 15) is 18.0 Å². The van der Waals surface area contributed by atoms with Crippen LogP contribution in [0.1, 0.15) is 18.4 Å². The van der Waals surface area contributed by atoms with Gasteiger partial charge in [0.25, 0.3) is 0 Å². The summed E-state index contributed by atoms with van der Waals surface area (Å²) in [4.78, 5) is 11.8. The van der Waals surface area contributed by atoms with E-state index in [-0.39, 0.29) is 29.8 Å². The number of para-hydroxylation sites is 1. The average Bonchev–Trinajstić information content (AvgIpc) is 2.89. The third-order valence-corrected chi connectivity index (χ3v) is 3.03. The number of carbonyl (C=O) groups excluding carboxylic acids is 1. The van der Waals surface area contributed by atoms with Crippen molar-refractivity contribution >= 4 is 5.91 Å². The van der Waals surface area contributed by atoms with Gasteiger partial charge in [-0.3, -0.25) is 4.79 Å². The highest BCUT2D eigenvalue weighted by Gasteiger charge is 2.32. The lowest BCUT2D eigenvalue weighted by atomic mass is 10.2. The smallest absolute Gasteiger partial charge is 0.405 e. The molecule has 1 aliphatic heterocycles. The van der Waals surface area contributed by atoms with Crippen molar-refractivity contribution < 1.29 is 22.7 Å². The van der Waals surface area contributed by atoms with Crippen molar-refractivity contribution in [3.63, 3.8) is 0 Å². The van der Waals surface area contributed by atoms with E-state index < -0.39 is 6.36 Å². The first kappa shape index (κ1) is 14.6. The lowest BCUT2D eigenvalue weighted by Crippen LogP contribution is -2.40. The first-order valence-corrected chi connectivity index (χ1v) is 6.30. The van der Waals surface area contributed by atoms with Crippen LogP contribution in [0.3, 0.4) is 0 Å². The maximum Gasteiger partial charge on any atom is 0.573 e. The highest BCUT2D eigenvalue weighted by molar-refractivity contribution is 5.82. The third-order valence-electron chi connectivity index (χ3n) is 3.03. The highest BCUT2D eigenvalue weighted by Crippen LogP contribution is 2.26. The molecule has 1 unspecified atom stereocenters. The molecule has 0 radical (unpaired) electrons. The lowest BCUT2D eigenvalue weighted by Gasteiger charge is -2.15. The summed E-state index contributed by atoms with van der Waals surface area (Å²) >= 11 is 0. The summed E-state index contributed by atoms with van der Waals surface area (Å²) in [5, 5.41) is 5.64. The molecule has 1 atom stereocenters. The van der Waals surface area contributed by atoms with Gasteiger partial charge in [0.1, 0.15) is 5.75 Å². The molecule has 1 aromatic carbocycles. The molecule has 7 heteroatoms. The molecule has 0 aromatic heterocycles. The zero-order chi connectivity index (χ0) is 14.6. The largest absolute Gasteiger partial charge is 0.573 e. The van der Waals surface area contributed by atoms with Crippen LogP contribution in [0, 0.1) is 0 Å². The number of benzene rings is 1. The van der Waals surface area contributed by atoms with Gasteiger partial charge in [0, 0.05) is 12.1 Å². The SMILES string of the molecule is O=C(NCc1ccccc1OC(F)(F)F)C1CCCN1. The lowest BCUT2D eigenvalue weighted by molar-refractivity contribution is -0.274. The zero-order valence-electron chi connectivity index (χ0n) is 10.7. The fourth-order valence-electron chi connectivity index (χ4n) is 2.09. The van der Waals surface area contributed by atoms with Crippen LogP contribution in [0.15, 0.2) is 24.3 Å². The van der Waals surface area contributed by atoms with Crippen LogP contribution in [-0.4, -0.2) is 24.9 Å². The molecular weight excluding hydrogens is 273 g/mol. The van der Waals surface area contributed by atoms with Crippen LogP contribution >= 0.6 is 0 Å². The van der Waals surface area contributed by atoms with E-state index in [4.69, 9.17) is 0 Å². The maximum absolute atomic E-state index is 12.2. The predicted molar refractivity (Wildman–Crippen MR) is 66.0 cm³/mol. The fourth-order valence-corrected chi connectivity index (χ4v) is 2.09. The van der Waals surface area contributed by atoms with Crippen LogP contribution in [0.5, 0.6) is 5.75 Å². The zero-order valence-corrected chi connectivity index (χ0v) is 10.7. The molecule has 1 amide bonds. The summed E-state index contributed by atoms with van der Waals surface area (Å²) in [6.45, 7) is 0.787. The van der Waals surface area contributed by atoms with Crippen LogP contribution in [0.4, 0.5) is 13.2 Å². The Kier molecular flexibility index (Phi) is 4.49. The Morgan fingerprint density at radius 1 is 1.40 bits per heavy atom. The van der Waals surface area contributed by atoms with E-state index in [1.807, 2.05) is 0 Å². The summed E-state index contributed by atoms with van der Waals surface area (Å²) in [5.74, 6) is -0.496. The second kappa shape index (κ2) is 6.13. The first-order valence-electron chi connectivity index (χ1n) is 6.30. The topological polar surface area (TPSA) is 50.4 Å². The van der Waals surface area contributed by atoms with Gasteiger partial charge in [-0.2, -0.15) is 0 Å². The van der Waals surface area contributed by atoms with Gasteiger partial charge < -0.3 is 15.4 Å². The number of halogens is 3. The Balaban J connectivity index is 1.96. The minimum atomic E-state index is -4.74. The molecule has 2 N–H and O–H groups in total. The van der Waals surface area contributed by atoms with Crippen molar-refractivity contribution in [2.24, 2.45) is 0 Å². The van der Waals surface area contributed by atoms with Gasteiger partial charge in [-0.25, -0.2) is 0 Å². The Morgan fingerprint density at radius 2 is 2.15 bits per heavy atom. The quantitative estimate of drug-likeness (QED) is 0.890. The number of nitrogens with one attached hydrogen (secondary N) is 2. The molecule has 1 heterocycles. The molecule has 1 fully saturated rings. The molecule has 0 spiro atoms. The predicted octanol–water partition coefficient (Wildman–Crippen LogP) is 1.95. The average molecular weight is 288 g/mol. The molecule has 2 rings (SSSR count). The molecule has 0 aliphatic carbocycles. The van der Waals surface area contributed by atoms with E-state index in [1.165, 1.54) is 18.2 Å². The van der Waals surface area contributed by atoms with Gasteiger partial charge in [0.05, 0.1) is 6.04 Å². The monoisotopic (exact) mass is 288 g/mol. The number of carbonyl (C=O) groups is 1. The molecule has 1 aliphatic rings. The van der Waals surface area contributed by atoms with Crippen LogP contribution in [0.25, 0.3) is 0 Å². The summed E-state index contributed by atoms with van der Waals surface area (Å²) in [7, 11) is 0. The third kappa shape index (κ3) is 4.12. The Hall–Kier alpha value is -1.76. The van der Waals surface area contributed by atoms with Crippen molar-refractivity contribution in [1.82, 2.24) is 10.6 Å². The Labute approximate surface area is 114 Å². The van der Waals surface area contributed by atoms with Crippen molar-refractivity contribution in [2.75, 3.05) is 6.54 Å². The normalized spacial score (nSPS) is 18.9. The number of alkyl halides is 3. The second-order valence-corrected chi connectivity index (χ2v) is 4.52. The van der Waals surface area contributed by atoms with Crippen molar-refractivity contribution in [2.45, 2.75) is 31.8 Å². The molecule has 1 aromatic rings. The molecule has 1 saturated heterocycles. The van der Waals surface area contributed by atoms with Crippen LogP contribution in [0.2, 0.25) is 0 Å². The van der Waals surface area contributed by atoms with Gasteiger partial charge >= 0.3 is 6.36 Å². The number of hydrogen-bond acceptors (Lipinski definition) is 3. The molecular formula is C13H15F3N2O2. The summed E-state index contributed by atoms with van der Waals surface area (Å²) in [6, 6.07) is 5.50. The van der Waals surface area contributed by atoms with Gasteiger partial charge in [-0.15, -0.1) is 13.2 Å². The highest BCUT2D eigenvalue weighted by atomic mass is 19.4. The van der Waals surface area contributed by atoms with Crippen molar-refractivity contribution in [3.8, 4) is 5.75 Å². The number of amides is 1. The van der Waals surface area contributed by atoms with E-state index in [0.717, 1.165) is 19.4 Å². The van der Waals surface area contributed by atoms with Gasteiger partial charge in [0.15, 0.2) is 0 Å². The van der Waals surface area contributed by atoms with E-state index >= 15 is 0 Å². The van der Waals surface area contributed by atoms with Gasteiger partial charge in [0.2, 0.25) is 5.91 Å². The van der Waals surface area contributed by atoms with Crippen molar-refractivity contribution in [3.05, 3.63) is 29.8 Å². The summed E-state index contributed by atoms with van der Waals surface area (Å²) in [6.07, 6.45) is -3.08. The molecule has 20 heavy (non-hydrogen) atoms. The van der Waals surface area contributed by atoms with Gasteiger partial charge in [-0.1, -0.05) is 18.2 Å². The van der Waals surface area contributed by atoms with Crippen molar-refractivity contribution in [1.29, 1.82) is 0 Å². The molecule has 4 nitrogen and oxygen atoms in total. The fraction of sp³-hybridized carbons (Fsp3) is 0.462. The van der Waals surface area contributed by atoms with Crippen LogP contribution < -0.4 is 15.4 Å². The number of ether oxygens (including phenoxy) is 1. The van der Waals surface area contributed by atoms with E-state index in [2.05, 4.69) is 15.4 Å². The van der Waals surface area contributed by atoms with Crippen LogP contribution in [-0.2, 0) is 11.3 Å². The summed E-state index contributed by atoms with van der Waals surface area (Å²) in [5.41, 5.74) is 0.288. The first-order chi connectivity index (χ1) is 9.46. The number of hydrogen-bond donors (Lipinski definition) is 2. The Morgan fingerprint density at radius 3 is 2.80 bits per heavy atom. The molecule has 0 bridgehead atoms. The van der Waals surface area contributed by atoms with Gasteiger partial charge in [-0.05, 0) is 25.5 Å². The summed E-state index contributed by atoms with van der Waals surface area (Å²) < 4.78 is 40.7. The molecule has 110 valence electrons. The minimum absolute atomic E-state index is 0.00324. The van der Waals surface area contributed by atoms with E-state index in [1.54, 1.807) is 6.07 Å². The second-order valence-electron chi connectivity index (χ2n) is 4.52. The molecule has 0 saturated carbocycles. The standard InChI is InChI=1S/C13H15F3N2O2/c14-13(15,16)20-11-6-2-1-4-9(11)8-18-12(19)10-5-3-7-17-10/h1-2,4,6,10,17H,3,5,7-8H2,(H,18,19).